The van der Waals surface area contributed by atoms with Crippen LogP contribution >= 0.6 is 0 Å². The normalized spacial score (nSPS) is 16.6. The number of nitrogens with one attached hydrogen (secondary N) is 1. The van der Waals surface area contributed by atoms with Gasteiger partial charge in [-0.15, -0.1) is 0 Å². The molecular weight excluding hydrogens is 172 g/mol. The highest BCUT2D eigenvalue weighted by Crippen LogP contribution is 2.28. The van der Waals surface area contributed by atoms with Crippen LogP contribution in [0.2, 0.25) is 0 Å². The van der Waals surface area contributed by atoms with Crippen LogP contribution in [-0.2, 0) is 6.54 Å². The highest BCUT2D eigenvalue weighted by Gasteiger charge is 2.15. The number of rotatable bonds is 5. The van der Waals surface area contributed by atoms with Crippen molar-refractivity contribution in [2.24, 2.45) is 5.92 Å². The lowest BCUT2D eigenvalue weighted by Crippen LogP contribution is -2.21. The van der Waals surface area contributed by atoms with E-state index < -0.39 is 0 Å². The summed E-state index contributed by atoms with van der Waals surface area (Å²) in [6, 6.07) is 4.13. The Morgan fingerprint density at radius 3 is 2.71 bits per heavy atom. The van der Waals surface area contributed by atoms with E-state index in [2.05, 4.69) is 22.4 Å². The molecule has 1 N–H and O–H groups in total. The van der Waals surface area contributed by atoms with E-state index in [0.29, 0.717) is 0 Å². The molecule has 1 saturated carbocycles. The summed E-state index contributed by atoms with van der Waals surface area (Å²) in [5.74, 6) is 1.01. The van der Waals surface area contributed by atoms with E-state index in [4.69, 9.17) is 0 Å². The smallest absolute Gasteiger partial charge is 0.0271 e. The summed E-state index contributed by atoms with van der Waals surface area (Å²) in [6.07, 6.45) is 9.42. The van der Waals surface area contributed by atoms with Gasteiger partial charge in [0.25, 0.3) is 0 Å². The Balaban J connectivity index is 1.58. The van der Waals surface area contributed by atoms with Crippen molar-refractivity contribution in [3.63, 3.8) is 0 Å². The third-order valence-electron chi connectivity index (χ3n) is 3.03. The van der Waals surface area contributed by atoms with Gasteiger partial charge in [0.1, 0.15) is 0 Å². The van der Waals surface area contributed by atoms with Crippen LogP contribution in [0.5, 0.6) is 0 Å². The lowest BCUT2D eigenvalue weighted by atomic mass is 9.83. The molecule has 1 aliphatic rings. The van der Waals surface area contributed by atoms with Gasteiger partial charge >= 0.3 is 0 Å². The summed E-state index contributed by atoms with van der Waals surface area (Å²) >= 11 is 0. The fourth-order valence-electron chi connectivity index (χ4n) is 1.82. The molecule has 1 aromatic rings. The van der Waals surface area contributed by atoms with Gasteiger partial charge in [0.05, 0.1) is 0 Å². The Bertz CT molecular complexity index is 254. The standard InChI is InChI=1S/C12H18N2/c1-2-11(3-1)4-9-14-10-12-5-7-13-8-6-12/h5-8,11,14H,1-4,9-10H2. The summed E-state index contributed by atoms with van der Waals surface area (Å²) in [5, 5.41) is 3.47. The maximum absolute atomic E-state index is 4.00. The SMILES string of the molecule is c1cc(CNCCC2CCC2)ccn1. The first-order chi connectivity index (χ1) is 6.95. The van der Waals surface area contributed by atoms with Crippen molar-refractivity contribution in [3.8, 4) is 0 Å². The maximum Gasteiger partial charge on any atom is 0.0271 e. The van der Waals surface area contributed by atoms with Gasteiger partial charge in [-0.05, 0) is 36.6 Å². The summed E-state index contributed by atoms with van der Waals surface area (Å²) in [5.41, 5.74) is 1.33. The first-order valence-electron chi connectivity index (χ1n) is 5.55. The Hall–Kier alpha value is -0.890. The summed E-state index contributed by atoms with van der Waals surface area (Å²) < 4.78 is 0. The van der Waals surface area contributed by atoms with E-state index in [9.17, 15) is 0 Å². The molecule has 1 aliphatic carbocycles. The minimum absolute atomic E-state index is 0.981. The van der Waals surface area contributed by atoms with Gasteiger partial charge in [-0.25, -0.2) is 0 Å². The first kappa shape index (κ1) is 9.66. The van der Waals surface area contributed by atoms with Gasteiger partial charge in [-0.1, -0.05) is 19.3 Å². The van der Waals surface area contributed by atoms with Crippen LogP contribution < -0.4 is 5.32 Å². The quantitative estimate of drug-likeness (QED) is 0.721. The number of hydrogen-bond donors (Lipinski definition) is 1. The largest absolute Gasteiger partial charge is 0.313 e. The molecule has 0 bridgehead atoms. The van der Waals surface area contributed by atoms with Crippen LogP contribution in [0.3, 0.4) is 0 Å². The van der Waals surface area contributed by atoms with Crippen molar-refractivity contribution in [2.45, 2.75) is 32.2 Å². The zero-order valence-corrected chi connectivity index (χ0v) is 8.58. The van der Waals surface area contributed by atoms with Gasteiger partial charge in [-0.3, -0.25) is 4.98 Å². The fourth-order valence-corrected chi connectivity index (χ4v) is 1.82. The molecule has 0 amide bonds. The third kappa shape index (κ3) is 2.81. The van der Waals surface area contributed by atoms with Crippen molar-refractivity contribution in [1.29, 1.82) is 0 Å². The second-order valence-corrected chi connectivity index (χ2v) is 4.12. The number of hydrogen-bond acceptors (Lipinski definition) is 2. The molecular formula is C12H18N2. The molecule has 0 atom stereocenters. The average Bonchev–Trinajstić information content (AvgIpc) is 2.16. The average molecular weight is 190 g/mol. The van der Waals surface area contributed by atoms with Crippen LogP contribution in [0, 0.1) is 5.92 Å². The van der Waals surface area contributed by atoms with E-state index in [0.717, 1.165) is 19.0 Å². The highest BCUT2D eigenvalue weighted by molar-refractivity contribution is 5.08. The van der Waals surface area contributed by atoms with E-state index in [1.807, 2.05) is 12.4 Å². The third-order valence-corrected chi connectivity index (χ3v) is 3.03. The highest BCUT2D eigenvalue weighted by atomic mass is 14.8. The molecule has 0 radical (unpaired) electrons. The van der Waals surface area contributed by atoms with Gasteiger partial charge < -0.3 is 5.32 Å². The second kappa shape index (κ2) is 5.11. The molecule has 2 rings (SSSR count). The van der Waals surface area contributed by atoms with Crippen molar-refractivity contribution in [3.05, 3.63) is 30.1 Å². The topological polar surface area (TPSA) is 24.9 Å². The molecule has 2 nitrogen and oxygen atoms in total. The number of pyridine rings is 1. The zero-order chi connectivity index (χ0) is 9.64. The Labute approximate surface area is 85.7 Å². The molecule has 14 heavy (non-hydrogen) atoms. The van der Waals surface area contributed by atoms with Crippen LogP contribution in [0.25, 0.3) is 0 Å². The summed E-state index contributed by atoms with van der Waals surface area (Å²) in [7, 11) is 0. The van der Waals surface area contributed by atoms with Crippen LogP contribution in [-0.4, -0.2) is 11.5 Å². The number of aromatic nitrogens is 1. The summed E-state index contributed by atoms with van der Waals surface area (Å²) in [4.78, 5) is 4.00. The molecule has 0 spiro atoms. The first-order valence-corrected chi connectivity index (χ1v) is 5.55. The lowest BCUT2D eigenvalue weighted by Gasteiger charge is -2.25. The fraction of sp³-hybridized carbons (Fsp3) is 0.583. The van der Waals surface area contributed by atoms with Crippen molar-refractivity contribution >= 4 is 0 Å². The van der Waals surface area contributed by atoms with Crippen molar-refractivity contribution in [1.82, 2.24) is 10.3 Å². The van der Waals surface area contributed by atoms with Crippen LogP contribution in [0.15, 0.2) is 24.5 Å². The van der Waals surface area contributed by atoms with E-state index in [1.54, 1.807) is 0 Å². The molecule has 0 aliphatic heterocycles. The Morgan fingerprint density at radius 2 is 2.07 bits per heavy atom. The van der Waals surface area contributed by atoms with Gasteiger partial charge in [0, 0.05) is 18.9 Å². The monoisotopic (exact) mass is 190 g/mol. The maximum atomic E-state index is 4.00. The molecule has 2 heteroatoms. The predicted octanol–water partition coefficient (Wildman–Crippen LogP) is 2.36. The van der Waals surface area contributed by atoms with Crippen molar-refractivity contribution in [2.75, 3.05) is 6.54 Å². The molecule has 0 saturated heterocycles. The minimum atomic E-state index is 0.981. The molecule has 1 aromatic heterocycles. The van der Waals surface area contributed by atoms with Crippen molar-refractivity contribution < 1.29 is 0 Å². The van der Waals surface area contributed by atoms with Gasteiger partial charge in [-0.2, -0.15) is 0 Å². The van der Waals surface area contributed by atoms with Gasteiger partial charge in [0.15, 0.2) is 0 Å². The molecule has 1 fully saturated rings. The summed E-state index contributed by atoms with van der Waals surface area (Å²) in [6.45, 7) is 2.14. The van der Waals surface area contributed by atoms with E-state index >= 15 is 0 Å². The molecule has 0 unspecified atom stereocenters. The molecule has 0 aromatic carbocycles. The van der Waals surface area contributed by atoms with E-state index in [1.165, 1.54) is 31.2 Å². The zero-order valence-electron chi connectivity index (χ0n) is 8.58. The van der Waals surface area contributed by atoms with E-state index in [-0.39, 0.29) is 0 Å². The minimum Gasteiger partial charge on any atom is -0.313 e. The van der Waals surface area contributed by atoms with Gasteiger partial charge in [0.2, 0.25) is 0 Å². The Morgan fingerprint density at radius 1 is 1.29 bits per heavy atom. The second-order valence-electron chi connectivity index (χ2n) is 4.12. The predicted molar refractivity (Wildman–Crippen MR) is 57.9 cm³/mol. The Kier molecular flexibility index (Phi) is 3.52. The molecule has 76 valence electrons. The molecule has 1 heterocycles. The van der Waals surface area contributed by atoms with Crippen LogP contribution in [0.1, 0.15) is 31.2 Å². The van der Waals surface area contributed by atoms with Crippen LogP contribution in [0.4, 0.5) is 0 Å². The lowest BCUT2D eigenvalue weighted by molar-refractivity contribution is 0.292. The number of nitrogens with zero attached hydrogens (tertiary/aromatic N) is 1.